The molecule has 0 radical (unpaired) electrons. The van der Waals surface area contributed by atoms with E-state index in [0.29, 0.717) is 19.4 Å². The first-order chi connectivity index (χ1) is 16.7. The Morgan fingerprint density at radius 1 is 1.06 bits per heavy atom. The van der Waals surface area contributed by atoms with Crippen molar-refractivity contribution >= 4 is 33.9 Å². The number of hydrogen-bond donors (Lipinski definition) is 1. The molecule has 3 aromatic rings. The average molecular weight is 492 g/mol. The molecule has 1 N–H and O–H groups in total. The summed E-state index contributed by atoms with van der Waals surface area (Å²) in [5, 5.41) is 7.58. The molecule has 0 aliphatic carbocycles. The van der Waals surface area contributed by atoms with Crippen molar-refractivity contribution in [1.82, 2.24) is 15.1 Å². The summed E-state index contributed by atoms with van der Waals surface area (Å²) in [5.41, 5.74) is 0.936. The summed E-state index contributed by atoms with van der Waals surface area (Å²) in [6.45, 7) is 4.78. The van der Waals surface area contributed by atoms with Gasteiger partial charge < -0.3 is 15.1 Å². The largest absolute Gasteiger partial charge is 0.344 e. The maximum absolute atomic E-state index is 13.6. The van der Waals surface area contributed by atoms with E-state index in [-0.39, 0.29) is 17.4 Å². The number of thiophene rings is 1. The first-order valence-corrected chi connectivity index (χ1v) is 13.0. The number of rotatable bonds is 11. The van der Waals surface area contributed by atoms with Crippen LogP contribution in [0.4, 0.5) is 0 Å². The van der Waals surface area contributed by atoms with E-state index < -0.39 is 6.04 Å². The van der Waals surface area contributed by atoms with Gasteiger partial charge in [0.15, 0.2) is 0 Å². The van der Waals surface area contributed by atoms with Gasteiger partial charge in [-0.15, -0.1) is 11.3 Å². The smallest absolute Gasteiger partial charge is 0.246 e. The van der Waals surface area contributed by atoms with Gasteiger partial charge in [-0.2, -0.15) is 0 Å². The number of carbonyl (C=O) groups is 2. The summed E-state index contributed by atoms with van der Waals surface area (Å²) in [6.07, 6.45) is 5.45. The van der Waals surface area contributed by atoms with Gasteiger partial charge in [0, 0.05) is 37.5 Å². The predicted molar refractivity (Wildman–Crippen MR) is 147 cm³/mol. The molecule has 0 saturated heterocycles. The Hall–Kier alpha value is -2.96. The van der Waals surface area contributed by atoms with E-state index in [4.69, 9.17) is 0 Å². The number of hydrogen-bond acceptors (Lipinski definition) is 4. The molecule has 2 amide bonds. The van der Waals surface area contributed by atoms with Crippen LogP contribution in [0.25, 0.3) is 10.8 Å². The van der Waals surface area contributed by atoms with Crippen LogP contribution >= 0.6 is 11.3 Å². The van der Waals surface area contributed by atoms with Gasteiger partial charge in [0.25, 0.3) is 0 Å². The van der Waals surface area contributed by atoms with Gasteiger partial charge in [-0.05, 0) is 67.6 Å². The van der Waals surface area contributed by atoms with E-state index in [1.807, 2.05) is 43.8 Å². The lowest BCUT2D eigenvalue weighted by atomic mass is 9.99. The number of nitrogens with one attached hydrogen (secondary N) is 1. The molecule has 0 saturated carbocycles. The highest BCUT2D eigenvalue weighted by molar-refractivity contribution is 7.09. The lowest BCUT2D eigenvalue weighted by Gasteiger charge is -2.30. The zero-order valence-corrected chi connectivity index (χ0v) is 22.3. The van der Waals surface area contributed by atoms with Crippen molar-refractivity contribution in [3.8, 4) is 0 Å². The monoisotopic (exact) mass is 491 g/mol. The van der Waals surface area contributed by atoms with Crippen molar-refractivity contribution in [2.75, 3.05) is 27.7 Å². The van der Waals surface area contributed by atoms with Crippen LogP contribution in [0.5, 0.6) is 0 Å². The van der Waals surface area contributed by atoms with Crippen LogP contribution in [0.2, 0.25) is 0 Å². The number of nitrogens with zero attached hydrogens (tertiary/aromatic N) is 2. The number of fused-ring (bicyclic) bond motifs is 1. The number of benzene rings is 2. The maximum Gasteiger partial charge on any atom is 0.246 e. The van der Waals surface area contributed by atoms with E-state index in [9.17, 15) is 9.59 Å². The number of likely N-dealkylation sites (N-methyl/N-ethyl adjacent to an activating group) is 2. The van der Waals surface area contributed by atoms with E-state index >= 15 is 0 Å². The van der Waals surface area contributed by atoms with Crippen molar-refractivity contribution < 1.29 is 9.59 Å². The molecular formula is C29H37N3O2S. The van der Waals surface area contributed by atoms with Gasteiger partial charge in [0.1, 0.15) is 6.04 Å². The van der Waals surface area contributed by atoms with Crippen molar-refractivity contribution in [2.24, 2.45) is 0 Å². The number of carbonyl (C=O) groups excluding carboxylic acids is 2. The Kier molecular flexibility index (Phi) is 9.24. The minimum atomic E-state index is -0.584. The van der Waals surface area contributed by atoms with Crippen LogP contribution in [-0.2, 0) is 22.4 Å². The van der Waals surface area contributed by atoms with Gasteiger partial charge in [-0.3, -0.25) is 9.59 Å². The third kappa shape index (κ3) is 7.51. The molecule has 0 fully saturated rings. The first kappa shape index (κ1) is 26.6. The van der Waals surface area contributed by atoms with Gasteiger partial charge in [0.05, 0.1) is 0 Å². The lowest BCUT2D eigenvalue weighted by molar-refractivity contribution is -0.141. The fourth-order valence-electron chi connectivity index (χ4n) is 3.90. The van der Waals surface area contributed by atoms with E-state index in [2.05, 4.69) is 55.6 Å². The molecule has 1 heterocycles. The minimum absolute atomic E-state index is 0.0467. The van der Waals surface area contributed by atoms with Crippen molar-refractivity contribution in [3.63, 3.8) is 0 Å². The van der Waals surface area contributed by atoms with Crippen LogP contribution in [0.15, 0.2) is 72.1 Å². The Morgan fingerprint density at radius 2 is 1.80 bits per heavy atom. The maximum atomic E-state index is 13.6. The van der Waals surface area contributed by atoms with Gasteiger partial charge in [0.2, 0.25) is 11.8 Å². The zero-order chi connectivity index (χ0) is 25.4. The molecule has 1 aromatic heterocycles. The number of amides is 2. The van der Waals surface area contributed by atoms with Crippen LogP contribution in [-0.4, -0.2) is 60.9 Å². The van der Waals surface area contributed by atoms with Crippen LogP contribution in [0.3, 0.4) is 0 Å². The Bertz CT molecular complexity index is 1150. The topological polar surface area (TPSA) is 52.7 Å². The van der Waals surface area contributed by atoms with E-state index in [0.717, 1.165) is 22.8 Å². The molecule has 6 heteroatoms. The standard InChI is InChI=1S/C29H37N3O2S/c1-29(2,30-3)17-8-13-27(33)32(5)26(28(34)31(4)18-16-25-12-9-19-35-25)21-22-14-15-23-10-6-7-11-24(23)20-22/h6-15,19-20,26,30H,16-18,21H2,1-5H3/t26-/m1/s1. The molecule has 2 aromatic carbocycles. The zero-order valence-electron chi connectivity index (χ0n) is 21.5. The summed E-state index contributed by atoms with van der Waals surface area (Å²) >= 11 is 1.70. The molecule has 3 rings (SSSR count). The van der Waals surface area contributed by atoms with Gasteiger partial charge >= 0.3 is 0 Å². The quantitative estimate of drug-likeness (QED) is 0.388. The molecule has 0 aliphatic rings. The van der Waals surface area contributed by atoms with Crippen molar-refractivity contribution in [3.05, 3.63) is 82.6 Å². The minimum Gasteiger partial charge on any atom is -0.344 e. The third-order valence-corrected chi connectivity index (χ3v) is 7.49. The third-order valence-electron chi connectivity index (χ3n) is 6.56. The van der Waals surface area contributed by atoms with Crippen LogP contribution < -0.4 is 5.32 Å². The average Bonchev–Trinajstić information content (AvgIpc) is 3.38. The van der Waals surface area contributed by atoms with E-state index in [1.54, 1.807) is 34.3 Å². The second-order valence-electron chi connectivity index (χ2n) is 9.68. The summed E-state index contributed by atoms with van der Waals surface area (Å²) in [4.78, 5) is 31.3. The first-order valence-electron chi connectivity index (χ1n) is 12.1. The second kappa shape index (κ2) is 12.1. The molecule has 186 valence electrons. The van der Waals surface area contributed by atoms with Gasteiger partial charge in [-0.25, -0.2) is 0 Å². The Balaban J connectivity index is 1.79. The lowest BCUT2D eigenvalue weighted by Crippen LogP contribution is -2.49. The molecule has 0 aliphatic heterocycles. The fourth-order valence-corrected chi connectivity index (χ4v) is 4.60. The molecule has 0 bridgehead atoms. The van der Waals surface area contributed by atoms with E-state index in [1.165, 1.54) is 4.88 Å². The Morgan fingerprint density at radius 3 is 2.49 bits per heavy atom. The summed E-state index contributed by atoms with van der Waals surface area (Å²) in [6, 6.07) is 18.0. The molecule has 5 nitrogen and oxygen atoms in total. The summed E-state index contributed by atoms with van der Waals surface area (Å²) in [5.74, 6) is -0.211. The molecule has 0 unspecified atom stereocenters. The normalized spacial score (nSPS) is 12.7. The summed E-state index contributed by atoms with van der Waals surface area (Å²) in [7, 11) is 5.46. The Labute approximate surface area is 213 Å². The molecule has 0 spiro atoms. The van der Waals surface area contributed by atoms with Crippen molar-refractivity contribution in [1.29, 1.82) is 0 Å². The van der Waals surface area contributed by atoms with Crippen LogP contribution in [0.1, 0.15) is 30.7 Å². The highest BCUT2D eigenvalue weighted by Gasteiger charge is 2.29. The van der Waals surface area contributed by atoms with Crippen LogP contribution in [0, 0.1) is 0 Å². The molecular weight excluding hydrogens is 454 g/mol. The highest BCUT2D eigenvalue weighted by atomic mass is 32.1. The van der Waals surface area contributed by atoms with Gasteiger partial charge in [-0.1, -0.05) is 54.6 Å². The van der Waals surface area contributed by atoms with Crippen molar-refractivity contribution in [2.45, 2.75) is 44.7 Å². The second-order valence-corrected chi connectivity index (χ2v) is 10.7. The summed E-state index contributed by atoms with van der Waals surface area (Å²) < 4.78 is 0. The fraction of sp³-hybridized carbons (Fsp3) is 0.379. The molecule has 35 heavy (non-hydrogen) atoms. The highest BCUT2D eigenvalue weighted by Crippen LogP contribution is 2.19. The molecule has 1 atom stereocenters. The SMILES string of the molecule is CNC(C)(C)CC=CC(=O)N(C)[C@H](Cc1ccc2ccccc2c1)C(=O)N(C)CCc1cccs1. The predicted octanol–water partition coefficient (Wildman–Crippen LogP) is 4.92.